The molecule has 0 unspecified atom stereocenters. The van der Waals surface area contributed by atoms with Crippen LogP contribution in [0.15, 0.2) is 23.4 Å². The van der Waals surface area contributed by atoms with Crippen molar-refractivity contribution in [3.05, 3.63) is 44.3 Å². The smallest absolute Gasteiger partial charge is 0.358 e. The second-order valence-electron chi connectivity index (χ2n) is 3.97. The maximum absolute atomic E-state index is 12.7. The molecule has 8 nitrogen and oxygen atoms in total. The normalized spacial score (nSPS) is 11.0. The number of hydrogen-bond acceptors (Lipinski definition) is 6. The summed E-state index contributed by atoms with van der Waals surface area (Å²) in [4.78, 5) is 25.8. The van der Waals surface area contributed by atoms with Gasteiger partial charge in [0.25, 0.3) is 5.91 Å². The van der Waals surface area contributed by atoms with Gasteiger partial charge in [0.15, 0.2) is 5.13 Å². The molecule has 2 aromatic rings. The Balaban J connectivity index is 1.93. The SMILES string of the molecule is Cc1nc([N+](=O)[O-])cn1CC(=O)N/N=C\c1ccc(F)s1. The van der Waals surface area contributed by atoms with Gasteiger partial charge in [-0.2, -0.15) is 9.49 Å². The highest BCUT2D eigenvalue weighted by Gasteiger charge is 2.16. The monoisotopic (exact) mass is 311 g/mol. The Bertz CT molecular complexity index is 709. The van der Waals surface area contributed by atoms with E-state index in [2.05, 4.69) is 15.5 Å². The number of aryl methyl sites for hydroxylation is 1. The van der Waals surface area contributed by atoms with E-state index in [1.165, 1.54) is 29.1 Å². The molecule has 0 saturated heterocycles. The van der Waals surface area contributed by atoms with Crippen molar-refractivity contribution >= 4 is 29.3 Å². The lowest BCUT2D eigenvalue weighted by atomic mass is 10.5. The molecule has 21 heavy (non-hydrogen) atoms. The number of rotatable bonds is 5. The third-order valence-corrected chi connectivity index (χ3v) is 3.25. The average Bonchev–Trinajstić information content (AvgIpc) is 2.97. The summed E-state index contributed by atoms with van der Waals surface area (Å²) in [6.07, 6.45) is 2.49. The molecule has 0 radical (unpaired) electrons. The topological polar surface area (TPSA) is 102 Å². The zero-order chi connectivity index (χ0) is 15.4. The van der Waals surface area contributed by atoms with E-state index in [0.717, 1.165) is 11.3 Å². The van der Waals surface area contributed by atoms with Gasteiger partial charge in [0.1, 0.15) is 12.7 Å². The Morgan fingerprint density at radius 1 is 1.67 bits per heavy atom. The van der Waals surface area contributed by atoms with Crippen molar-refractivity contribution in [2.24, 2.45) is 5.10 Å². The fourth-order valence-corrected chi connectivity index (χ4v) is 2.10. The summed E-state index contributed by atoms with van der Waals surface area (Å²) in [5.41, 5.74) is 2.25. The summed E-state index contributed by atoms with van der Waals surface area (Å²) in [5.74, 6) is -0.447. The van der Waals surface area contributed by atoms with Crippen LogP contribution in [0.2, 0.25) is 0 Å². The Labute approximate surface area is 122 Å². The average molecular weight is 311 g/mol. The largest absolute Gasteiger partial charge is 0.381 e. The van der Waals surface area contributed by atoms with E-state index in [4.69, 9.17) is 0 Å². The van der Waals surface area contributed by atoms with E-state index in [-0.39, 0.29) is 17.5 Å². The second-order valence-corrected chi connectivity index (χ2v) is 5.03. The number of nitrogens with one attached hydrogen (secondary N) is 1. The first-order valence-electron chi connectivity index (χ1n) is 5.71. The second kappa shape index (κ2) is 6.22. The van der Waals surface area contributed by atoms with Crippen molar-refractivity contribution in [1.82, 2.24) is 15.0 Å². The maximum Gasteiger partial charge on any atom is 0.381 e. The molecule has 1 N–H and O–H groups in total. The van der Waals surface area contributed by atoms with Gasteiger partial charge >= 0.3 is 5.82 Å². The Hall–Kier alpha value is -2.62. The molecule has 1 amide bonds. The maximum atomic E-state index is 12.7. The predicted octanol–water partition coefficient (Wildman–Crippen LogP) is 1.45. The molecule has 0 aliphatic carbocycles. The number of hydrazone groups is 1. The van der Waals surface area contributed by atoms with Crippen LogP contribution in [0.25, 0.3) is 0 Å². The number of nitro groups is 1. The molecule has 0 atom stereocenters. The molecule has 0 aliphatic rings. The number of amides is 1. The summed E-state index contributed by atoms with van der Waals surface area (Å²) in [5, 5.41) is 13.9. The minimum absolute atomic E-state index is 0.150. The predicted molar refractivity (Wildman–Crippen MR) is 73.6 cm³/mol. The van der Waals surface area contributed by atoms with Gasteiger partial charge in [0, 0.05) is 6.92 Å². The van der Waals surface area contributed by atoms with Gasteiger partial charge < -0.3 is 10.1 Å². The lowest BCUT2D eigenvalue weighted by Crippen LogP contribution is -2.23. The van der Waals surface area contributed by atoms with Crippen molar-refractivity contribution in [1.29, 1.82) is 0 Å². The number of carbonyl (C=O) groups excluding carboxylic acids is 1. The number of thiophene rings is 1. The molecular formula is C11H10FN5O3S. The van der Waals surface area contributed by atoms with Crippen molar-refractivity contribution in [3.8, 4) is 0 Å². The zero-order valence-corrected chi connectivity index (χ0v) is 11.6. The molecule has 110 valence electrons. The van der Waals surface area contributed by atoms with Crippen molar-refractivity contribution in [2.45, 2.75) is 13.5 Å². The first kappa shape index (κ1) is 14.8. The summed E-state index contributed by atoms with van der Waals surface area (Å²) in [6, 6.07) is 2.82. The summed E-state index contributed by atoms with van der Waals surface area (Å²) in [7, 11) is 0. The van der Waals surface area contributed by atoms with Crippen LogP contribution in [0, 0.1) is 22.2 Å². The molecule has 0 aliphatic heterocycles. The van der Waals surface area contributed by atoms with Crippen LogP contribution in [-0.4, -0.2) is 26.6 Å². The summed E-state index contributed by atoms with van der Waals surface area (Å²) >= 11 is 0.895. The summed E-state index contributed by atoms with van der Waals surface area (Å²) in [6.45, 7) is 1.40. The van der Waals surface area contributed by atoms with Crippen molar-refractivity contribution < 1.29 is 14.1 Å². The van der Waals surface area contributed by atoms with E-state index in [1.54, 1.807) is 6.92 Å². The molecule has 0 aromatic carbocycles. The van der Waals surface area contributed by atoms with E-state index >= 15 is 0 Å². The Morgan fingerprint density at radius 3 is 3.00 bits per heavy atom. The van der Waals surface area contributed by atoms with Crippen LogP contribution in [0.4, 0.5) is 10.2 Å². The third-order valence-electron chi connectivity index (χ3n) is 2.44. The molecule has 0 saturated carbocycles. The zero-order valence-electron chi connectivity index (χ0n) is 10.8. The van der Waals surface area contributed by atoms with Crippen LogP contribution in [-0.2, 0) is 11.3 Å². The van der Waals surface area contributed by atoms with Gasteiger partial charge in [-0.1, -0.05) is 0 Å². The third kappa shape index (κ3) is 3.92. The number of halogens is 1. The highest BCUT2D eigenvalue weighted by Crippen LogP contribution is 2.11. The molecule has 0 spiro atoms. The van der Waals surface area contributed by atoms with Gasteiger partial charge in [0.2, 0.25) is 5.82 Å². The van der Waals surface area contributed by atoms with E-state index in [9.17, 15) is 19.3 Å². The van der Waals surface area contributed by atoms with Crippen LogP contribution in [0.5, 0.6) is 0 Å². The van der Waals surface area contributed by atoms with Gasteiger partial charge in [-0.05, 0) is 22.0 Å². The molecule has 0 bridgehead atoms. The highest BCUT2D eigenvalue weighted by atomic mass is 32.1. The minimum atomic E-state index is -0.634. The molecule has 2 aromatic heterocycles. The summed E-state index contributed by atoms with van der Waals surface area (Å²) < 4.78 is 14.1. The number of aromatic nitrogens is 2. The molecule has 10 heteroatoms. The number of imidazole rings is 1. The molecule has 0 fully saturated rings. The number of hydrogen-bond donors (Lipinski definition) is 1. The first-order chi connectivity index (χ1) is 9.95. The Morgan fingerprint density at radius 2 is 2.43 bits per heavy atom. The fourth-order valence-electron chi connectivity index (χ4n) is 1.50. The molecule has 2 rings (SSSR count). The number of nitrogens with zero attached hydrogens (tertiary/aromatic N) is 4. The molecule has 2 heterocycles. The van der Waals surface area contributed by atoms with E-state index in [1.807, 2.05) is 0 Å². The standard InChI is InChI=1S/C11H10FN5O3S/c1-7-14-10(17(19)20)5-16(7)6-11(18)15-13-4-8-2-3-9(12)21-8/h2-5H,6H2,1H3,(H,15,18)/b13-4-. The van der Waals surface area contributed by atoms with E-state index in [0.29, 0.717) is 10.7 Å². The fraction of sp³-hybridized carbons (Fsp3) is 0.182. The van der Waals surface area contributed by atoms with Crippen LogP contribution in [0.3, 0.4) is 0 Å². The Kier molecular flexibility index (Phi) is 4.38. The lowest BCUT2D eigenvalue weighted by molar-refractivity contribution is -0.389. The van der Waals surface area contributed by atoms with Gasteiger partial charge in [-0.3, -0.25) is 9.36 Å². The van der Waals surface area contributed by atoms with Gasteiger partial charge in [-0.25, -0.2) is 5.43 Å². The van der Waals surface area contributed by atoms with Crippen LogP contribution >= 0.6 is 11.3 Å². The van der Waals surface area contributed by atoms with Crippen LogP contribution < -0.4 is 5.43 Å². The van der Waals surface area contributed by atoms with Gasteiger partial charge in [0.05, 0.1) is 11.1 Å². The van der Waals surface area contributed by atoms with E-state index < -0.39 is 10.8 Å². The highest BCUT2D eigenvalue weighted by molar-refractivity contribution is 7.12. The van der Waals surface area contributed by atoms with Crippen molar-refractivity contribution in [2.75, 3.05) is 0 Å². The first-order valence-corrected chi connectivity index (χ1v) is 6.53. The molecular weight excluding hydrogens is 301 g/mol. The van der Waals surface area contributed by atoms with Crippen molar-refractivity contribution in [3.63, 3.8) is 0 Å². The van der Waals surface area contributed by atoms with Crippen LogP contribution in [0.1, 0.15) is 10.7 Å². The lowest BCUT2D eigenvalue weighted by Gasteiger charge is -2.00. The quantitative estimate of drug-likeness (QED) is 0.513. The van der Waals surface area contributed by atoms with Gasteiger partial charge in [-0.15, -0.1) is 11.3 Å². The minimum Gasteiger partial charge on any atom is -0.358 e. The number of carbonyl (C=O) groups is 1.